The molecular weight excluding hydrogens is 318 g/mol. The third kappa shape index (κ3) is 3.55. The van der Waals surface area contributed by atoms with Gasteiger partial charge in [-0.1, -0.05) is 6.07 Å². The van der Waals surface area contributed by atoms with Gasteiger partial charge in [0.1, 0.15) is 5.75 Å². The molecule has 7 heteroatoms. The lowest BCUT2D eigenvalue weighted by molar-refractivity contribution is -0.116. The molecule has 0 unspecified atom stereocenters. The summed E-state index contributed by atoms with van der Waals surface area (Å²) < 4.78 is 7.33. The number of hydrogen-bond acceptors (Lipinski definition) is 5. The molecule has 1 aliphatic carbocycles. The van der Waals surface area contributed by atoms with E-state index >= 15 is 0 Å². The third-order valence-electron chi connectivity index (χ3n) is 4.21. The molecule has 4 rings (SSSR count). The first-order valence-electron chi connectivity index (χ1n) is 8.27. The number of nitrogen functional groups attached to an aromatic ring is 1. The minimum atomic E-state index is -0.00231. The molecule has 7 nitrogen and oxygen atoms in total. The second kappa shape index (κ2) is 6.08. The molecule has 0 atom stereocenters. The lowest BCUT2D eigenvalue weighted by Gasteiger charge is -2.06. The van der Waals surface area contributed by atoms with E-state index in [1.165, 1.54) is 0 Å². The lowest BCUT2D eigenvalue weighted by Crippen LogP contribution is -2.12. The molecule has 1 fully saturated rings. The molecule has 0 spiro atoms. The fourth-order valence-corrected chi connectivity index (χ4v) is 2.56. The number of anilines is 2. The van der Waals surface area contributed by atoms with Gasteiger partial charge in [-0.05, 0) is 43.4 Å². The number of fused-ring (bicyclic) bond motifs is 1. The average molecular weight is 337 g/mol. The summed E-state index contributed by atoms with van der Waals surface area (Å²) in [6.45, 7) is 1.94. The Hall–Kier alpha value is -3.09. The van der Waals surface area contributed by atoms with Crippen molar-refractivity contribution in [2.45, 2.75) is 26.2 Å². The predicted molar refractivity (Wildman–Crippen MR) is 94.6 cm³/mol. The number of nitrogens with two attached hydrogens (primary N) is 1. The number of aryl methyl sites for hydroxylation is 1. The van der Waals surface area contributed by atoms with E-state index in [1.54, 1.807) is 28.9 Å². The normalized spacial score (nSPS) is 13.8. The summed E-state index contributed by atoms with van der Waals surface area (Å²) in [5, 5.41) is 7.18. The fraction of sp³-hybridized carbons (Fsp3) is 0.278. The number of carbonyl (C=O) groups is 1. The number of imidazole rings is 1. The Kier molecular flexibility index (Phi) is 3.76. The molecule has 2 aromatic heterocycles. The van der Waals surface area contributed by atoms with Gasteiger partial charge in [0.15, 0.2) is 11.5 Å². The van der Waals surface area contributed by atoms with Crippen LogP contribution in [0.1, 0.15) is 24.8 Å². The van der Waals surface area contributed by atoms with Crippen molar-refractivity contribution in [1.82, 2.24) is 14.6 Å². The molecule has 1 aromatic carbocycles. The van der Waals surface area contributed by atoms with Crippen LogP contribution in [-0.4, -0.2) is 20.5 Å². The van der Waals surface area contributed by atoms with Crippen molar-refractivity contribution < 1.29 is 9.53 Å². The molecule has 0 bridgehead atoms. The first-order valence-corrected chi connectivity index (χ1v) is 8.27. The Morgan fingerprint density at radius 1 is 1.36 bits per heavy atom. The van der Waals surface area contributed by atoms with Gasteiger partial charge in [0.25, 0.3) is 0 Å². The van der Waals surface area contributed by atoms with Crippen LogP contribution in [0.5, 0.6) is 11.6 Å². The van der Waals surface area contributed by atoms with Crippen molar-refractivity contribution in [3.63, 3.8) is 0 Å². The van der Waals surface area contributed by atoms with Gasteiger partial charge in [-0.15, -0.1) is 5.10 Å². The Morgan fingerprint density at radius 2 is 2.20 bits per heavy atom. The average Bonchev–Trinajstić information content (AvgIpc) is 3.28. The van der Waals surface area contributed by atoms with Gasteiger partial charge in [0, 0.05) is 24.2 Å². The molecule has 1 saturated carbocycles. The minimum Gasteiger partial charge on any atom is -0.438 e. The summed E-state index contributed by atoms with van der Waals surface area (Å²) in [4.78, 5) is 16.2. The van der Waals surface area contributed by atoms with E-state index in [4.69, 9.17) is 10.5 Å². The Morgan fingerprint density at radius 3 is 2.96 bits per heavy atom. The van der Waals surface area contributed by atoms with Crippen molar-refractivity contribution in [3.05, 3.63) is 42.1 Å². The summed E-state index contributed by atoms with van der Waals surface area (Å²) in [5.41, 5.74) is 8.20. The zero-order valence-corrected chi connectivity index (χ0v) is 13.9. The standard InChI is InChI=1S/C18H19N5O2/c1-11-2-5-13(9-14(11)19)25-18-7-6-16-20-15(10-23(16)22-18)21-17(24)8-12-3-4-12/h2,5-7,9-10,12H,3-4,8,19H2,1H3,(H,21,24). The largest absolute Gasteiger partial charge is 0.438 e. The molecule has 1 aliphatic rings. The Balaban J connectivity index is 1.50. The van der Waals surface area contributed by atoms with Crippen molar-refractivity contribution in [2.75, 3.05) is 11.1 Å². The lowest BCUT2D eigenvalue weighted by atomic mass is 10.2. The number of aromatic nitrogens is 3. The van der Waals surface area contributed by atoms with E-state index in [0.717, 1.165) is 18.4 Å². The van der Waals surface area contributed by atoms with E-state index < -0.39 is 0 Å². The maximum atomic E-state index is 11.9. The van der Waals surface area contributed by atoms with Crippen LogP contribution in [0.4, 0.5) is 11.5 Å². The Bertz CT molecular complexity index is 946. The first-order chi connectivity index (χ1) is 12.1. The number of hydrogen-bond donors (Lipinski definition) is 2. The smallest absolute Gasteiger partial charge is 0.237 e. The Labute approximate surface area is 144 Å². The summed E-state index contributed by atoms with van der Waals surface area (Å²) in [6, 6.07) is 9.02. The van der Waals surface area contributed by atoms with Gasteiger partial charge in [-0.25, -0.2) is 9.50 Å². The summed E-state index contributed by atoms with van der Waals surface area (Å²) >= 11 is 0. The highest BCUT2D eigenvalue weighted by Gasteiger charge is 2.24. The molecule has 2 heterocycles. The van der Waals surface area contributed by atoms with Crippen molar-refractivity contribution in [3.8, 4) is 11.6 Å². The SMILES string of the molecule is Cc1ccc(Oc2ccc3nc(NC(=O)CC4CC4)cn3n2)cc1N. The third-order valence-corrected chi connectivity index (χ3v) is 4.21. The van der Waals surface area contributed by atoms with E-state index in [-0.39, 0.29) is 5.91 Å². The number of benzene rings is 1. The van der Waals surface area contributed by atoms with Crippen LogP contribution < -0.4 is 15.8 Å². The van der Waals surface area contributed by atoms with Gasteiger partial charge < -0.3 is 15.8 Å². The quantitative estimate of drug-likeness (QED) is 0.697. The number of ether oxygens (including phenoxy) is 1. The van der Waals surface area contributed by atoms with E-state index in [0.29, 0.717) is 41.1 Å². The van der Waals surface area contributed by atoms with Crippen LogP contribution in [0.15, 0.2) is 36.5 Å². The second-order valence-corrected chi connectivity index (χ2v) is 6.42. The van der Waals surface area contributed by atoms with Crippen LogP contribution in [0.2, 0.25) is 0 Å². The van der Waals surface area contributed by atoms with Crippen molar-refractivity contribution in [1.29, 1.82) is 0 Å². The van der Waals surface area contributed by atoms with Crippen LogP contribution in [0.3, 0.4) is 0 Å². The van der Waals surface area contributed by atoms with Crippen molar-refractivity contribution >= 4 is 23.1 Å². The molecule has 0 radical (unpaired) electrons. The molecule has 0 aliphatic heterocycles. The first kappa shape index (κ1) is 15.4. The van der Waals surface area contributed by atoms with Gasteiger partial charge in [-0.2, -0.15) is 0 Å². The number of amides is 1. The van der Waals surface area contributed by atoms with Crippen LogP contribution in [-0.2, 0) is 4.79 Å². The number of carbonyl (C=O) groups excluding carboxylic acids is 1. The molecular formula is C18H19N5O2. The molecule has 25 heavy (non-hydrogen) atoms. The minimum absolute atomic E-state index is 0.00231. The van der Waals surface area contributed by atoms with Crippen LogP contribution in [0.25, 0.3) is 5.65 Å². The summed E-state index contributed by atoms with van der Waals surface area (Å²) in [7, 11) is 0. The predicted octanol–water partition coefficient (Wildman–Crippen LogP) is 3.15. The number of nitrogens with one attached hydrogen (secondary N) is 1. The number of rotatable bonds is 5. The van der Waals surface area contributed by atoms with Gasteiger partial charge in [-0.3, -0.25) is 4.79 Å². The molecule has 1 amide bonds. The fourth-order valence-electron chi connectivity index (χ4n) is 2.56. The van der Waals surface area contributed by atoms with Crippen LogP contribution >= 0.6 is 0 Å². The maximum absolute atomic E-state index is 11.9. The zero-order valence-electron chi connectivity index (χ0n) is 13.9. The van der Waals surface area contributed by atoms with Crippen LogP contribution in [0, 0.1) is 12.8 Å². The summed E-state index contributed by atoms with van der Waals surface area (Å²) in [5.74, 6) is 2.07. The highest BCUT2D eigenvalue weighted by Crippen LogP contribution is 2.32. The summed E-state index contributed by atoms with van der Waals surface area (Å²) in [6.07, 6.45) is 4.52. The number of nitrogens with zero attached hydrogens (tertiary/aromatic N) is 3. The monoisotopic (exact) mass is 337 g/mol. The van der Waals surface area contributed by atoms with E-state index in [2.05, 4.69) is 15.4 Å². The molecule has 0 saturated heterocycles. The van der Waals surface area contributed by atoms with Crippen molar-refractivity contribution in [2.24, 2.45) is 5.92 Å². The highest BCUT2D eigenvalue weighted by molar-refractivity contribution is 5.90. The van der Waals surface area contributed by atoms with E-state index in [1.807, 2.05) is 19.1 Å². The topological polar surface area (TPSA) is 94.5 Å². The van der Waals surface area contributed by atoms with Gasteiger partial charge >= 0.3 is 0 Å². The van der Waals surface area contributed by atoms with E-state index in [9.17, 15) is 4.79 Å². The molecule has 128 valence electrons. The zero-order chi connectivity index (χ0) is 17.4. The second-order valence-electron chi connectivity index (χ2n) is 6.42. The molecule has 3 N–H and O–H groups in total. The van der Waals surface area contributed by atoms with Gasteiger partial charge in [0.05, 0.1) is 6.20 Å². The highest BCUT2D eigenvalue weighted by atomic mass is 16.5. The maximum Gasteiger partial charge on any atom is 0.237 e. The van der Waals surface area contributed by atoms with Gasteiger partial charge in [0.2, 0.25) is 11.8 Å². The molecule has 3 aromatic rings.